The lowest BCUT2D eigenvalue weighted by Gasteiger charge is -2.15. The van der Waals surface area contributed by atoms with Gasteiger partial charge >= 0.3 is 0 Å². The van der Waals surface area contributed by atoms with Gasteiger partial charge in [-0.05, 0) is 38.1 Å². The van der Waals surface area contributed by atoms with Crippen molar-refractivity contribution in [2.45, 2.75) is 12.8 Å². The molecule has 1 aromatic rings. The summed E-state index contributed by atoms with van der Waals surface area (Å²) in [5, 5.41) is 0. The fourth-order valence-electron chi connectivity index (χ4n) is 2.15. The fourth-order valence-corrected chi connectivity index (χ4v) is 2.22. The molecule has 1 aliphatic heterocycles. The number of likely N-dealkylation sites (tertiary alicyclic amines) is 1. The molecule has 0 bridgehead atoms. The van der Waals surface area contributed by atoms with Crippen molar-refractivity contribution >= 4 is 11.6 Å². The second-order valence-electron chi connectivity index (χ2n) is 4.51. The lowest BCUT2D eigenvalue weighted by atomic mass is 10.2. The number of ether oxygens (including phenoxy) is 1. The van der Waals surface area contributed by atoms with Crippen LogP contribution in [0, 0.1) is 17.7 Å². The summed E-state index contributed by atoms with van der Waals surface area (Å²) in [7, 11) is 0. The van der Waals surface area contributed by atoms with Gasteiger partial charge in [0.2, 0.25) is 0 Å². The van der Waals surface area contributed by atoms with Gasteiger partial charge in [0.1, 0.15) is 18.2 Å². The van der Waals surface area contributed by atoms with Gasteiger partial charge in [-0.25, -0.2) is 4.39 Å². The van der Waals surface area contributed by atoms with Gasteiger partial charge in [-0.3, -0.25) is 4.90 Å². The van der Waals surface area contributed by atoms with Crippen LogP contribution in [0.3, 0.4) is 0 Å². The largest absolute Gasteiger partial charge is 0.492 e. The van der Waals surface area contributed by atoms with Gasteiger partial charge in [-0.15, -0.1) is 11.6 Å². The Kier molecular flexibility index (Phi) is 5.50. The van der Waals surface area contributed by atoms with Gasteiger partial charge in [0.15, 0.2) is 0 Å². The predicted molar refractivity (Wildman–Crippen MR) is 75.2 cm³/mol. The Morgan fingerprint density at radius 1 is 1.26 bits per heavy atom. The van der Waals surface area contributed by atoms with Crippen LogP contribution in [0.4, 0.5) is 4.39 Å². The Balaban J connectivity index is 1.89. The minimum absolute atomic E-state index is 0.238. The molecule has 1 heterocycles. The van der Waals surface area contributed by atoms with Gasteiger partial charge in [0.25, 0.3) is 0 Å². The van der Waals surface area contributed by atoms with E-state index in [1.165, 1.54) is 25.0 Å². The van der Waals surface area contributed by atoms with Crippen molar-refractivity contribution in [2.24, 2.45) is 0 Å². The van der Waals surface area contributed by atoms with Crippen molar-refractivity contribution in [2.75, 3.05) is 32.1 Å². The summed E-state index contributed by atoms with van der Waals surface area (Å²) >= 11 is 5.48. The summed E-state index contributed by atoms with van der Waals surface area (Å²) in [6, 6.07) is 4.51. The minimum Gasteiger partial charge on any atom is -0.492 e. The maximum Gasteiger partial charge on any atom is 0.128 e. The zero-order valence-corrected chi connectivity index (χ0v) is 11.5. The standard InChI is InChI=1S/C15H17ClFNO/c16-5-3-4-13-10-14(17)12-15(11-13)19-9-8-18-6-1-2-7-18/h10-12H,1-2,5-9H2. The summed E-state index contributed by atoms with van der Waals surface area (Å²) in [5.74, 6) is 5.93. The van der Waals surface area contributed by atoms with Crippen molar-refractivity contribution < 1.29 is 9.13 Å². The summed E-state index contributed by atoms with van der Waals surface area (Å²) in [6.07, 6.45) is 2.52. The van der Waals surface area contributed by atoms with E-state index < -0.39 is 0 Å². The molecule has 0 aliphatic carbocycles. The van der Waals surface area contributed by atoms with Crippen LogP contribution in [0.5, 0.6) is 5.75 Å². The van der Waals surface area contributed by atoms with E-state index in [1.54, 1.807) is 6.07 Å². The summed E-state index contributed by atoms with van der Waals surface area (Å²) < 4.78 is 19.0. The highest BCUT2D eigenvalue weighted by molar-refractivity contribution is 6.19. The van der Waals surface area contributed by atoms with E-state index >= 15 is 0 Å². The van der Waals surface area contributed by atoms with E-state index in [0.29, 0.717) is 17.9 Å². The van der Waals surface area contributed by atoms with Crippen molar-refractivity contribution in [1.82, 2.24) is 4.90 Å². The number of rotatable bonds is 4. The van der Waals surface area contributed by atoms with Crippen molar-refractivity contribution in [3.8, 4) is 17.6 Å². The SMILES string of the molecule is Fc1cc(C#CCCl)cc(OCCN2CCCC2)c1. The lowest BCUT2D eigenvalue weighted by Crippen LogP contribution is -2.25. The first kappa shape index (κ1) is 14.2. The Morgan fingerprint density at radius 3 is 2.79 bits per heavy atom. The van der Waals surface area contributed by atoms with Crippen LogP contribution in [0.1, 0.15) is 18.4 Å². The summed E-state index contributed by atoms with van der Waals surface area (Å²) in [4.78, 5) is 2.35. The van der Waals surface area contributed by atoms with Gasteiger partial charge in [-0.2, -0.15) is 0 Å². The van der Waals surface area contributed by atoms with E-state index in [0.717, 1.165) is 19.6 Å². The molecule has 0 saturated carbocycles. The van der Waals surface area contributed by atoms with Gasteiger partial charge in [0, 0.05) is 18.2 Å². The van der Waals surface area contributed by atoms with Crippen LogP contribution in [0.25, 0.3) is 0 Å². The topological polar surface area (TPSA) is 12.5 Å². The Labute approximate surface area is 118 Å². The third-order valence-electron chi connectivity index (χ3n) is 3.05. The smallest absolute Gasteiger partial charge is 0.128 e. The third-order valence-corrected chi connectivity index (χ3v) is 3.18. The van der Waals surface area contributed by atoms with Crippen LogP contribution in [-0.4, -0.2) is 37.0 Å². The number of halogens is 2. The number of benzene rings is 1. The van der Waals surface area contributed by atoms with E-state index in [9.17, 15) is 4.39 Å². The molecule has 0 radical (unpaired) electrons. The zero-order chi connectivity index (χ0) is 13.5. The second-order valence-corrected chi connectivity index (χ2v) is 4.78. The first-order chi connectivity index (χ1) is 9.28. The Hall–Kier alpha value is -1.24. The normalized spacial score (nSPS) is 15.1. The van der Waals surface area contributed by atoms with Crippen LogP contribution >= 0.6 is 11.6 Å². The number of hydrogen-bond donors (Lipinski definition) is 0. The Morgan fingerprint density at radius 2 is 2.05 bits per heavy atom. The molecular weight excluding hydrogens is 265 g/mol. The van der Waals surface area contributed by atoms with Crippen molar-refractivity contribution in [3.63, 3.8) is 0 Å². The molecule has 102 valence electrons. The van der Waals surface area contributed by atoms with Gasteiger partial charge in [-0.1, -0.05) is 11.8 Å². The lowest BCUT2D eigenvalue weighted by molar-refractivity contribution is 0.237. The molecule has 0 atom stereocenters. The molecule has 0 aromatic heterocycles. The van der Waals surface area contributed by atoms with Gasteiger partial charge in [0.05, 0.1) is 5.88 Å². The highest BCUT2D eigenvalue weighted by Crippen LogP contribution is 2.16. The number of nitrogens with zero attached hydrogens (tertiary/aromatic N) is 1. The Bertz CT molecular complexity index is 475. The molecule has 0 amide bonds. The quantitative estimate of drug-likeness (QED) is 0.622. The molecular formula is C15H17ClFNO. The molecule has 1 saturated heterocycles. The van der Waals surface area contributed by atoms with Crippen LogP contribution < -0.4 is 4.74 Å². The molecule has 1 fully saturated rings. The summed E-state index contributed by atoms with van der Waals surface area (Å²) in [5.41, 5.74) is 0.594. The maximum absolute atomic E-state index is 13.4. The molecule has 2 nitrogen and oxygen atoms in total. The molecule has 1 aliphatic rings. The average molecular weight is 282 g/mol. The minimum atomic E-state index is -0.336. The fraction of sp³-hybridized carbons (Fsp3) is 0.467. The van der Waals surface area contributed by atoms with E-state index in [4.69, 9.17) is 16.3 Å². The molecule has 0 spiro atoms. The molecule has 0 N–H and O–H groups in total. The van der Waals surface area contributed by atoms with Crippen molar-refractivity contribution in [3.05, 3.63) is 29.6 Å². The van der Waals surface area contributed by atoms with E-state index in [-0.39, 0.29) is 11.7 Å². The second kappa shape index (κ2) is 7.37. The maximum atomic E-state index is 13.4. The number of hydrogen-bond acceptors (Lipinski definition) is 2. The predicted octanol–water partition coefficient (Wildman–Crippen LogP) is 2.89. The highest BCUT2D eigenvalue weighted by Gasteiger charge is 2.10. The van der Waals surface area contributed by atoms with Crippen molar-refractivity contribution in [1.29, 1.82) is 0 Å². The molecule has 19 heavy (non-hydrogen) atoms. The first-order valence-electron chi connectivity index (χ1n) is 6.48. The van der Waals surface area contributed by atoms with Crippen LogP contribution in [0.15, 0.2) is 18.2 Å². The summed E-state index contributed by atoms with van der Waals surface area (Å²) in [6.45, 7) is 3.74. The average Bonchev–Trinajstić information content (AvgIpc) is 2.89. The molecule has 0 unspecified atom stereocenters. The van der Waals surface area contributed by atoms with Crippen LogP contribution in [-0.2, 0) is 0 Å². The molecule has 1 aromatic carbocycles. The molecule has 2 rings (SSSR count). The van der Waals surface area contributed by atoms with Gasteiger partial charge < -0.3 is 4.74 Å². The molecule has 4 heteroatoms. The zero-order valence-electron chi connectivity index (χ0n) is 10.8. The monoisotopic (exact) mass is 281 g/mol. The van der Waals surface area contributed by atoms with E-state index in [2.05, 4.69) is 16.7 Å². The third kappa shape index (κ3) is 4.74. The highest BCUT2D eigenvalue weighted by atomic mass is 35.5. The van der Waals surface area contributed by atoms with Crippen LogP contribution in [0.2, 0.25) is 0 Å². The number of alkyl halides is 1. The van der Waals surface area contributed by atoms with E-state index in [1.807, 2.05) is 0 Å². The first-order valence-corrected chi connectivity index (χ1v) is 7.02.